The second kappa shape index (κ2) is 5.21. The van der Waals surface area contributed by atoms with Crippen molar-refractivity contribution in [2.24, 2.45) is 0 Å². The first-order valence-corrected chi connectivity index (χ1v) is 6.30. The predicted octanol–water partition coefficient (Wildman–Crippen LogP) is 0.878. The van der Waals surface area contributed by atoms with Crippen molar-refractivity contribution in [1.82, 2.24) is 0 Å². The summed E-state index contributed by atoms with van der Waals surface area (Å²) < 4.78 is 0. The van der Waals surface area contributed by atoms with E-state index in [1.165, 1.54) is 0 Å². The lowest BCUT2D eigenvalue weighted by molar-refractivity contribution is 0.893. The first kappa shape index (κ1) is 12.1. The molecule has 0 atom stereocenters. The lowest BCUT2D eigenvalue weighted by atomic mass is 10.1. The van der Waals surface area contributed by atoms with Crippen molar-refractivity contribution in [2.75, 3.05) is 29.2 Å². The van der Waals surface area contributed by atoms with E-state index < -0.39 is 10.9 Å². The van der Waals surface area contributed by atoms with Crippen LogP contribution in [0.5, 0.6) is 0 Å². The summed E-state index contributed by atoms with van der Waals surface area (Å²) >= 11 is 1.69. The van der Waals surface area contributed by atoms with Gasteiger partial charge in [-0.25, -0.2) is 0 Å². The molecule has 0 spiro atoms. The highest BCUT2D eigenvalue weighted by Gasteiger charge is 2.20. The third-order valence-corrected chi connectivity index (χ3v) is 2.56. The quantitative estimate of drug-likeness (QED) is 0.559. The number of rotatable bonds is 6. The molecule has 84 valence electrons. The summed E-state index contributed by atoms with van der Waals surface area (Å²) in [5.41, 5.74) is 0.0773. The molecule has 0 fully saturated rings. The van der Waals surface area contributed by atoms with E-state index in [4.69, 9.17) is 0 Å². The third kappa shape index (κ3) is 2.75. The van der Waals surface area contributed by atoms with Gasteiger partial charge in [-0.1, -0.05) is 0 Å². The maximum atomic E-state index is 11.2. The molecule has 0 aliphatic carbocycles. The number of anilines is 2. The number of nitrogens with one attached hydrogen (secondary N) is 2. The zero-order valence-electron chi connectivity index (χ0n) is 9.22. The molecule has 15 heavy (non-hydrogen) atoms. The third-order valence-electron chi connectivity index (χ3n) is 1.95. The van der Waals surface area contributed by atoms with Gasteiger partial charge in [-0.2, -0.15) is 11.8 Å². The molecule has 1 aromatic carbocycles. The highest BCUT2D eigenvalue weighted by atomic mass is 32.2. The minimum atomic E-state index is -0.407. The Bertz CT molecular complexity index is 394. The first-order chi connectivity index (χ1) is 7.07. The van der Waals surface area contributed by atoms with Crippen LogP contribution >= 0.6 is 11.8 Å². The molecule has 1 aromatic rings. The van der Waals surface area contributed by atoms with Crippen molar-refractivity contribution in [3.8, 4) is 0 Å². The van der Waals surface area contributed by atoms with Gasteiger partial charge in [-0.3, -0.25) is 9.59 Å². The Hall–Kier alpha value is -0.970. The van der Waals surface area contributed by atoms with Gasteiger partial charge < -0.3 is 10.6 Å². The molecule has 5 heteroatoms. The van der Waals surface area contributed by atoms with Crippen molar-refractivity contribution < 1.29 is 0 Å². The second-order valence-electron chi connectivity index (χ2n) is 3.63. The van der Waals surface area contributed by atoms with Crippen LogP contribution in [0.2, 0.25) is 0 Å². The molecule has 4 nitrogen and oxygen atoms in total. The Kier molecular flexibility index (Phi) is 4.20. The molecule has 2 N–H and O–H groups in total. The van der Waals surface area contributed by atoms with Crippen LogP contribution in [0.4, 0.5) is 11.4 Å². The summed E-state index contributed by atoms with van der Waals surface area (Å²) in [7, 11) is 0. The molecular weight excluding hydrogens is 212 g/mol. The van der Waals surface area contributed by atoms with E-state index in [1.807, 2.05) is 20.1 Å². The topological polar surface area (TPSA) is 58.2 Å². The van der Waals surface area contributed by atoms with Crippen LogP contribution in [0.15, 0.2) is 9.59 Å². The van der Waals surface area contributed by atoms with Gasteiger partial charge >= 0.3 is 0 Å². The highest BCUT2D eigenvalue weighted by Crippen LogP contribution is 2.15. The van der Waals surface area contributed by atoms with Crippen LogP contribution in [0.1, 0.15) is 13.8 Å². The van der Waals surface area contributed by atoms with Crippen molar-refractivity contribution in [2.45, 2.75) is 19.9 Å². The van der Waals surface area contributed by atoms with Crippen LogP contribution in [-0.2, 0) is 0 Å². The summed E-state index contributed by atoms with van der Waals surface area (Å²) in [5.74, 6) is 0.917. The van der Waals surface area contributed by atoms with Crippen LogP contribution in [0, 0.1) is 0 Å². The smallest absolute Gasteiger partial charge is 0.253 e. The molecule has 0 saturated carbocycles. The lowest BCUT2D eigenvalue weighted by Gasteiger charge is -2.16. The predicted molar refractivity (Wildman–Crippen MR) is 67.0 cm³/mol. The van der Waals surface area contributed by atoms with Gasteiger partial charge in [0.05, 0.1) is 0 Å². The van der Waals surface area contributed by atoms with Gasteiger partial charge in [0.2, 0.25) is 0 Å². The van der Waals surface area contributed by atoms with Crippen molar-refractivity contribution in [1.29, 1.82) is 0 Å². The molecule has 1 rings (SSSR count). The standard InChI is InChI=1S/C10H16N2O2S/c1-6(2)12-8-7(9(13)10(8)14)11-4-5-15-3/h6,11-12H,4-5H2,1-3H3. The molecule has 0 unspecified atom stereocenters. The Morgan fingerprint density at radius 3 is 2.33 bits per heavy atom. The van der Waals surface area contributed by atoms with Crippen molar-refractivity contribution in [3.63, 3.8) is 0 Å². The molecule has 0 saturated heterocycles. The van der Waals surface area contributed by atoms with Gasteiger partial charge in [0.15, 0.2) is 0 Å². The molecule has 0 aliphatic heterocycles. The van der Waals surface area contributed by atoms with Crippen LogP contribution < -0.4 is 21.5 Å². The summed E-state index contributed by atoms with van der Waals surface area (Å²) in [4.78, 5) is 22.5. The SMILES string of the molecule is CSCCNc1c(NC(C)C)c(=O)c1=O. The lowest BCUT2D eigenvalue weighted by Crippen LogP contribution is -2.39. The summed E-state index contributed by atoms with van der Waals surface area (Å²) in [6.45, 7) is 4.57. The van der Waals surface area contributed by atoms with Crippen molar-refractivity contribution >= 4 is 23.1 Å². The molecule has 0 heterocycles. The summed E-state index contributed by atoms with van der Waals surface area (Å²) in [6.07, 6.45) is 2.00. The van der Waals surface area contributed by atoms with Gasteiger partial charge in [0.25, 0.3) is 10.9 Å². The largest absolute Gasteiger partial charge is 0.379 e. The zero-order chi connectivity index (χ0) is 11.4. The zero-order valence-corrected chi connectivity index (χ0v) is 10.0. The molecular formula is C10H16N2O2S. The van der Waals surface area contributed by atoms with E-state index in [0.717, 1.165) is 5.75 Å². The van der Waals surface area contributed by atoms with Gasteiger partial charge in [0.1, 0.15) is 11.4 Å². The van der Waals surface area contributed by atoms with Gasteiger partial charge in [-0.15, -0.1) is 0 Å². The van der Waals surface area contributed by atoms with E-state index in [2.05, 4.69) is 10.6 Å². The number of thioether (sulfide) groups is 1. The van der Waals surface area contributed by atoms with E-state index >= 15 is 0 Å². The fourth-order valence-electron chi connectivity index (χ4n) is 1.26. The molecule has 0 aromatic heterocycles. The Morgan fingerprint density at radius 2 is 1.80 bits per heavy atom. The average Bonchev–Trinajstić information content (AvgIpc) is 2.21. The van der Waals surface area contributed by atoms with Gasteiger partial charge in [0, 0.05) is 18.3 Å². The number of hydrogen-bond acceptors (Lipinski definition) is 5. The molecule has 0 bridgehead atoms. The van der Waals surface area contributed by atoms with E-state index in [1.54, 1.807) is 11.8 Å². The highest BCUT2D eigenvalue weighted by molar-refractivity contribution is 7.98. The first-order valence-electron chi connectivity index (χ1n) is 4.90. The molecule has 0 amide bonds. The second-order valence-corrected chi connectivity index (χ2v) is 4.61. The fraction of sp³-hybridized carbons (Fsp3) is 0.600. The minimum Gasteiger partial charge on any atom is -0.379 e. The van der Waals surface area contributed by atoms with E-state index in [0.29, 0.717) is 17.9 Å². The summed E-state index contributed by atoms with van der Waals surface area (Å²) in [6, 6.07) is 0.161. The fourth-order valence-corrected chi connectivity index (χ4v) is 1.57. The Labute approximate surface area is 93.1 Å². The Balaban J connectivity index is 2.67. The average molecular weight is 228 g/mol. The maximum absolute atomic E-state index is 11.2. The van der Waals surface area contributed by atoms with E-state index in [9.17, 15) is 9.59 Å². The number of hydrogen-bond donors (Lipinski definition) is 2. The normalized spacial score (nSPS) is 10.9. The molecule has 0 radical (unpaired) electrons. The van der Waals surface area contributed by atoms with Crippen LogP contribution in [-0.4, -0.2) is 24.6 Å². The van der Waals surface area contributed by atoms with Crippen LogP contribution in [0.3, 0.4) is 0 Å². The van der Waals surface area contributed by atoms with Gasteiger partial charge in [-0.05, 0) is 20.1 Å². The molecule has 0 aliphatic rings. The van der Waals surface area contributed by atoms with E-state index in [-0.39, 0.29) is 6.04 Å². The van der Waals surface area contributed by atoms with Crippen LogP contribution in [0.25, 0.3) is 0 Å². The minimum absolute atomic E-state index is 0.161. The summed E-state index contributed by atoms with van der Waals surface area (Å²) in [5, 5.41) is 5.96. The maximum Gasteiger partial charge on any atom is 0.253 e. The van der Waals surface area contributed by atoms with Crippen molar-refractivity contribution in [3.05, 3.63) is 20.4 Å². The Morgan fingerprint density at radius 1 is 1.20 bits per heavy atom. The monoisotopic (exact) mass is 228 g/mol.